The Morgan fingerprint density at radius 1 is 1.28 bits per heavy atom. The summed E-state index contributed by atoms with van der Waals surface area (Å²) in [5.41, 5.74) is 8.10. The van der Waals surface area contributed by atoms with Crippen LogP contribution in [-0.4, -0.2) is 6.61 Å². The maximum atomic E-state index is 6.03. The summed E-state index contributed by atoms with van der Waals surface area (Å²) in [5, 5.41) is 0. The van der Waals surface area contributed by atoms with Crippen LogP contribution in [0.1, 0.15) is 38.2 Å². The van der Waals surface area contributed by atoms with Crippen LogP contribution in [0.25, 0.3) is 0 Å². The Hall–Kier alpha value is -1.18. The highest BCUT2D eigenvalue weighted by atomic mass is 16.5. The number of rotatable bonds is 4. The minimum Gasteiger partial charge on any atom is -0.491 e. The summed E-state index contributed by atoms with van der Waals surface area (Å²) in [6, 6.07) is 6.18. The Morgan fingerprint density at radius 2 is 2.17 bits per heavy atom. The van der Waals surface area contributed by atoms with Crippen LogP contribution < -0.4 is 10.5 Å². The number of hydrogen-bond acceptors (Lipinski definition) is 2. The Bertz CT molecular complexity index is 429. The van der Waals surface area contributed by atoms with Crippen LogP contribution in [0, 0.1) is 17.8 Å². The van der Waals surface area contributed by atoms with Crippen molar-refractivity contribution in [2.75, 3.05) is 12.3 Å². The molecule has 3 rings (SSSR count). The third-order valence-corrected chi connectivity index (χ3v) is 4.82. The Morgan fingerprint density at radius 3 is 2.78 bits per heavy atom. The van der Waals surface area contributed by atoms with Crippen LogP contribution in [0.5, 0.6) is 5.75 Å². The van der Waals surface area contributed by atoms with Crippen LogP contribution in [0.4, 0.5) is 5.69 Å². The SMILES string of the molecule is CCc1ccc(OCC2CC3CCC2C3)c(N)c1. The van der Waals surface area contributed by atoms with Gasteiger partial charge in [0.25, 0.3) is 0 Å². The van der Waals surface area contributed by atoms with Crippen molar-refractivity contribution in [2.45, 2.75) is 39.0 Å². The monoisotopic (exact) mass is 245 g/mol. The van der Waals surface area contributed by atoms with Crippen LogP contribution in [0.3, 0.4) is 0 Å². The molecule has 0 amide bonds. The molecule has 0 spiro atoms. The molecule has 2 bridgehead atoms. The molecule has 2 fully saturated rings. The van der Waals surface area contributed by atoms with E-state index < -0.39 is 0 Å². The highest BCUT2D eigenvalue weighted by Crippen LogP contribution is 2.48. The van der Waals surface area contributed by atoms with Crippen LogP contribution in [-0.2, 0) is 6.42 Å². The third-order valence-electron chi connectivity index (χ3n) is 4.82. The predicted octanol–water partition coefficient (Wildman–Crippen LogP) is 3.65. The lowest BCUT2D eigenvalue weighted by atomic mass is 9.89. The van der Waals surface area contributed by atoms with Crippen molar-refractivity contribution in [1.82, 2.24) is 0 Å². The first kappa shape index (κ1) is 11.9. The normalized spacial score (nSPS) is 29.7. The van der Waals surface area contributed by atoms with Gasteiger partial charge in [-0.2, -0.15) is 0 Å². The van der Waals surface area contributed by atoms with Crippen molar-refractivity contribution in [3.63, 3.8) is 0 Å². The van der Waals surface area contributed by atoms with Gasteiger partial charge in [-0.05, 0) is 61.1 Å². The lowest BCUT2D eigenvalue weighted by molar-refractivity contribution is 0.196. The molecule has 0 aliphatic heterocycles. The van der Waals surface area contributed by atoms with Gasteiger partial charge in [-0.25, -0.2) is 0 Å². The Kier molecular flexibility index (Phi) is 3.19. The summed E-state index contributed by atoms with van der Waals surface area (Å²) in [5.74, 6) is 3.55. The molecule has 0 heterocycles. The van der Waals surface area contributed by atoms with Crippen molar-refractivity contribution < 1.29 is 4.74 Å². The molecule has 3 unspecified atom stereocenters. The molecule has 2 saturated carbocycles. The predicted molar refractivity (Wildman–Crippen MR) is 74.7 cm³/mol. The van der Waals surface area contributed by atoms with Crippen LogP contribution in [0.15, 0.2) is 18.2 Å². The minimum absolute atomic E-state index is 0.772. The first-order valence-corrected chi connectivity index (χ1v) is 7.27. The lowest BCUT2D eigenvalue weighted by Crippen LogP contribution is -2.18. The van der Waals surface area contributed by atoms with Gasteiger partial charge >= 0.3 is 0 Å². The summed E-state index contributed by atoms with van der Waals surface area (Å²) in [4.78, 5) is 0. The number of anilines is 1. The topological polar surface area (TPSA) is 35.2 Å². The maximum absolute atomic E-state index is 6.03. The highest BCUT2D eigenvalue weighted by Gasteiger charge is 2.39. The van der Waals surface area contributed by atoms with Gasteiger partial charge in [0, 0.05) is 0 Å². The zero-order valence-corrected chi connectivity index (χ0v) is 11.2. The van der Waals surface area contributed by atoms with Gasteiger partial charge in [-0.3, -0.25) is 0 Å². The van der Waals surface area contributed by atoms with Gasteiger partial charge in [-0.15, -0.1) is 0 Å². The average molecular weight is 245 g/mol. The number of aryl methyl sites for hydroxylation is 1. The molecule has 2 aliphatic rings. The van der Waals surface area contributed by atoms with Gasteiger partial charge in [0.05, 0.1) is 12.3 Å². The van der Waals surface area contributed by atoms with E-state index in [-0.39, 0.29) is 0 Å². The molecule has 0 aromatic heterocycles. The second-order valence-electron chi connectivity index (χ2n) is 5.97. The third kappa shape index (κ3) is 2.21. The summed E-state index contributed by atoms with van der Waals surface area (Å²) < 4.78 is 5.95. The number of fused-ring (bicyclic) bond motifs is 2. The molecule has 2 heteroatoms. The molecule has 1 aromatic rings. The van der Waals surface area contributed by atoms with E-state index in [0.29, 0.717) is 0 Å². The standard InChI is InChI=1S/C16H23NO/c1-2-11-4-6-16(15(17)9-11)18-10-14-8-12-3-5-13(14)7-12/h4,6,9,12-14H,2-3,5,7-8,10,17H2,1H3. The molecule has 0 radical (unpaired) electrons. The first-order chi connectivity index (χ1) is 8.76. The fourth-order valence-electron chi connectivity index (χ4n) is 3.73. The maximum Gasteiger partial charge on any atom is 0.142 e. The number of ether oxygens (including phenoxy) is 1. The molecule has 3 atom stereocenters. The van der Waals surface area contributed by atoms with Crippen LogP contribution in [0.2, 0.25) is 0 Å². The van der Waals surface area contributed by atoms with Crippen molar-refractivity contribution >= 4 is 5.69 Å². The van der Waals surface area contributed by atoms with Crippen molar-refractivity contribution in [2.24, 2.45) is 17.8 Å². The Labute approximate surface area is 110 Å². The molecular weight excluding hydrogens is 222 g/mol. The largest absolute Gasteiger partial charge is 0.491 e. The van der Waals surface area contributed by atoms with Crippen LogP contribution >= 0.6 is 0 Å². The van der Waals surface area contributed by atoms with E-state index in [9.17, 15) is 0 Å². The van der Waals surface area contributed by atoms with Gasteiger partial charge < -0.3 is 10.5 Å². The van der Waals surface area contributed by atoms with Crippen molar-refractivity contribution in [3.8, 4) is 5.75 Å². The molecule has 0 saturated heterocycles. The van der Waals surface area contributed by atoms with E-state index in [1.807, 2.05) is 12.1 Å². The molecule has 2 N–H and O–H groups in total. The van der Waals surface area contributed by atoms with Gasteiger partial charge in [0.2, 0.25) is 0 Å². The zero-order chi connectivity index (χ0) is 12.5. The van der Waals surface area contributed by atoms with E-state index in [1.54, 1.807) is 0 Å². The summed E-state index contributed by atoms with van der Waals surface area (Å²) >= 11 is 0. The van der Waals surface area contributed by atoms with E-state index in [2.05, 4.69) is 13.0 Å². The van der Waals surface area contributed by atoms with Crippen molar-refractivity contribution in [1.29, 1.82) is 0 Å². The number of hydrogen-bond donors (Lipinski definition) is 1. The van der Waals surface area contributed by atoms with Gasteiger partial charge in [0.15, 0.2) is 0 Å². The zero-order valence-electron chi connectivity index (χ0n) is 11.2. The minimum atomic E-state index is 0.772. The molecule has 18 heavy (non-hydrogen) atoms. The van der Waals surface area contributed by atoms with Gasteiger partial charge in [0.1, 0.15) is 5.75 Å². The van der Waals surface area contributed by atoms with E-state index in [1.165, 1.54) is 31.2 Å². The molecule has 2 aliphatic carbocycles. The molecule has 98 valence electrons. The number of benzene rings is 1. The smallest absolute Gasteiger partial charge is 0.142 e. The summed E-state index contributed by atoms with van der Waals surface area (Å²) in [6.45, 7) is 3.00. The van der Waals surface area contributed by atoms with Gasteiger partial charge in [-0.1, -0.05) is 19.4 Å². The molecular formula is C16H23NO. The number of nitrogen functional groups attached to an aromatic ring is 1. The fourth-order valence-corrected chi connectivity index (χ4v) is 3.73. The average Bonchev–Trinajstić information content (AvgIpc) is 2.99. The van der Waals surface area contributed by atoms with E-state index >= 15 is 0 Å². The van der Waals surface area contributed by atoms with E-state index in [0.717, 1.165) is 42.2 Å². The quantitative estimate of drug-likeness (QED) is 0.822. The first-order valence-electron chi connectivity index (χ1n) is 7.27. The highest BCUT2D eigenvalue weighted by molar-refractivity contribution is 5.54. The summed E-state index contributed by atoms with van der Waals surface area (Å²) in [6.07, 6.45) is 6.71. The lowest BCUT2D eigenvalue weighted by Gasteiger charge is -2.22. The second-order valence-corrected chi connectivity index (χ2v) is 5.97. The fraction of sp³-hybridized carbons (Fsp3) is 0.625. The van der Waals surface area contributed by atoms with Crippen molar-refractivity contribution in [3.05, 3.63) is 23.8 Å². The summed E-state index contributed by atoms with van der Waals surface area (Å²) in [7, 11) is 0. The second kappa shape index (κ2) is 4.83. The molecule has 2 nitrogen and oxygen atoms in total. The van der Waals surface area contributed by atoms with E-state index in [4.69, 9.17) is 10.5 Å². The molecule has 1 aromatic carbocycles. The Balaban J connectivity index is 1.60. The number of nitrogens with two attached hydrogens (primary N) is 1.